The second-order valence-corrected chi connectivity index (χ2v) is 6.65. The first-order chi connectivity index (χ1) is 10.5. The molecular weight excluding hydrogens is 304 g/mol. The van der Waals surface area contributed by atoms with Gasteiger partial charge in [0.2, 0.25) is 10.0 Å². The summed E-state index contributed by atoms with van der Waals surface area (Å²) in [5.74, 6) is -0.756. The first kappa shape index (κ1) is 18.3. The maximum absolute atomic E-state index is 12.3. The highest BCUT2D eigenvalue weighted by Gasteiger charge is 2.21. The normalized spacial score (nSPS) is 12.0. The van der Waals surface area contributed by atoms with Crippen LogP contribution in [-0.2, 0) is 14.8 Å². The van der Waals surface area contributed by atoms with Gasteiger partial charge in [-0.2, -0.15) is 4.31 Å². The molecule has 22 heavy (non-hydrogen) atoms. The fourth-order valence-electron chi connectivity index (χ4n) is 1.84. The molecule has 0 aromatic heterocycles. The van der Waals surface area contributed by atoms with Crippen LogP contribution in [0.1, 0.15) is 31.7 Å². The van der Waals surface area contributed by atoms with Crippen molar-refractivity contribution in [2.24, 2.45) is 0 Å². The van der Waals surface area contributed by atoms with Crippen LogP contribution >= 0.6 is 0 Å². The summed E-state index contributed by atoms with van der Waals surface area (Å²) in [6, 6.07) is 9.03. The molecule has 0 aliphatic rings. The van der Waals surface area contributed by atoms with Gasteiger partial charge in [-0.25, -0.2) is 13.9 Å². The Balaban J connectivity index is 2.84. The summed E-state index contributed by atoms with van der Waals surface area (Å²) >= 11 is 0. The van der Waals surface area contributed by atoms with Crippen molar-refractivity contribution in [2.45, 2.75) is 26.2 Å². The highest BCUT2D eigenvalue weighted by atomic mass is 32.2. The first-order valence-corrected chi connectivity index (χ1v) is 8.66. The number of sulfonamides is 1. The van der Waals surface area contributed by atoms with Gasteiger partial charge in [0.15, 0.2) is 0 Å². The van der Waals surface area contributed by atoms with E-state index in [1.54, 1.807) is 12.1 Å². The highest BCUT2D eigenvalue weighted by molar-refractivity contribution is 7.92. The van der Waals surface area contributed by atoms with E-state index in [1.807, 2.05) is 25.1 Å². The van der Waals surface area contributed by atoms with Crippen LogP contribution < -0.4 is 5.48 Å². The molecule has 1 aromatic carbocycles. The molecule has 0 fully saturated rings. The molecule has 0 heterocycles. The monoisotopic (exact) mass is 326 g/mol. The first-order valence-electron chi connectivity index (χ1n) is 7.16. The number of carbonyl (C=O) groups is 1. The minimum atomic E-state index is -3.73. The molecule has 0 saturated carbocycles. The molecule has 0 aliphatic heterocycles. The maximum atomic E-state index is 12.3. The Hall–Kier alpha value is -1.70. The van der Waals surface area contributed by atoms with E-state index in [1.165, 1.54) is 11.6 Å². The number of hydroxylamine groups is 1. The summed E-state index contributed by atoms with van der Waals surface area (Å²) in [5.41, 5.74) is 2.22. The zero-order chi connectivity index (χ0) is 16.4. The molecule has 0 spiro atoms. The number of hydrogen-bond acceptors (Lipinski definition) is 4. The molecule has 7 heteroatoms. The van der Waals surface area contributed by atoms with Crippen LogP contribution in [0.3, 0.4) is 0 Å². The van der Waals surface area contributed by atoms with E-state index in [4.69, 9.17) is 5.21 Å². The van der Waals surface area contributed by atoms with Gasteiger partial charge in [0.05, 0.1) is 6.54 Å². The van der Waals surface area contributed by atoms with Gasteiger partial charge in [0.25, 0.3) is 5.91 Å². The maximum Gasteiger partial charge on any atom is 0.258 e. The topological polar surface area (TPSA) is 86.7 Å². The molecule has 0 bridgehead atoms. The molecule has 0 radical (unpaired) electrons. The second-order valence-electron chi connectivity index (χ2n) is 4.83. The van der Waals surface area contributed by atoms with E-state index in [0.717, 1.165) is 28.1 Å². The summed E-state index contributed by atoms with van der Waals surface area (Å²) in [6.07, 6.45) is 3.96. The molecule has 6 nitrogen and oxygen atoms in total. The molecule has 122 valence electrons. The lowest BCUT2D eigenvalue weighted by Gasteiger charge is -2.19. The number of hydrogen-bond donors (Lipinski definition) is 2. The fraction of sp³-hybridized carbons (Fsp3) is 0.400. The Bertz CT molecular complexity index is 585. The number of nitrogens with one attached hydrogen (secondary N) is 1. The number of amides is 1. The third-order valence-corrected chi connectivity index (χ3v) is 4.56. The van der Waals surface area contributed by atoms with Gasteiger partial charge in [-0.1, -0.05) is 50.1 Å². The summed E-state index contributed by atoms with van der Waals surface area (Å²) in [7, 11) is -3.73. The van der Waals surface area contributed by atoms with Crippen molar-refractivity contribution in [3.8, 4) is 0 Å². The summed E-state index contributed by atoms with van der Waals surface area (Å²) in [5, 5.41) is 9.67. The van der Waals surface area contributed by atoms with Gasteiger partial charge < -0.3 is 0 Å². The van der Waals surface area contributed by atoms with Crippen LogP contribution in [0.5, 0.6) is 0 Å². The second kappa shape index (κ2) is 9.34. The highest BCUT2D eigenvalue weighted by Crippen LogP contribution is 2.10. The third-order valence-electron chi connectivity index (χ3n) is 3.05. The predicted molar refractivity (Wildman–Crippen MR) is 85.4 cm³/mol. The molecule has 2 N–H and O–H groups in total. The Morgan fingerprint density at radius 2 is 1.95 bits per heavy atom. The van der Waals surface area contributed by atoms with Crippen molar-refractivity contribution in [3.05, 3.63) is 41.3 Å². The average molecular weight is 326 g/mol. The Labute approximate surface area is 131 Å². The van der Waals surface area contributed by atoms with E-state index in [2.05, 4.69) is 0 Å². The van der Waals surface area contributed by atoms with Crippen molar-refractivity contribution in [1.29, 1.82) is 0 Å². The number of rotatable bonds is 9. The zero-order valence-electron chi connectivity index (χ0n) is 12.6. The van der Waals surface area contributed by atoms with E-state index in [-0.39, 0.29) is 6.54 Å². The van der Waals surface area contributed by atoms with E-state index >= 15 is 0 Å². The lowest BCUT2D eigenvalue weighted by molar-refractivity contribution is -0.129. The summed E-state index contributed by atoms with van der Waals surface area (Å²) in [6.45, 7) is 1.85. The van der Waals surface area contributed by atoms with E-state index in [0.29, 0.717) is 6.42 Å². The van der Waals surface area contributed by atoms with Gasteiger partial charge in [-0.15, -0.1) is 0 Å². The van der Waals surface area contributed by atoms with Gasteiger partial charge in [-0.3, -0.25) is 10.0 Å². The fourth-order valence-corrected chi connectivity index (χ4v) is 3.03. The summed E-state index contributed by atoms with van der Waals surface area (Å²) < 4.78 is 25.7. The Morgan fingerprint density at radius 1 is 1.27 bits per heavy atom. The van der Waals surface area contributed by atoms with Crippen molar-refractivity contribution < 1.29 is 18.4 Å². The SMILES string of the molecule is CCCCCN(CC(=O)NO)S(=O)(=O)C=Cc1ccccc1. The number of nitrogens with zero attached hydrogens (tertiary/aromatic N) is 1. The Kier molecular flexibility index (Phi) is 7.79. The molecule has 0 atom stereocenters. The standard InChI is InChI=1S/C15H22N2O4S/c1-2-3-7-11-17(13-15(18)16-19)22(20,21)12-10-14-8-5-4-6-9-14/h4-6,8-10,12,19H,2-3,7,11,13H2,1H3,(H,16,18). The van der Waals surface area contributed by atoms with Crippen molar-refractivity contribution in [3.63, 3.8) is 0 Å². The minimum Gasteiger partial charge on any atom is -0.289 e. The van der Waals surface area contributed by atoms with Crippen LogP contribution in [0, 0.1) is 0 Å². The molecule has 0 unspecified atom stereocenters. The average Bonchev–Trinajstić information content (AvgIpc) is 2.53. The zero-order valence-corrected chi connectivity index (χ0v) is 13.4. The lowest BCUT2D eigenvalue weighted by Crippen LogP contribution is -2.39. The molecule has 0 aliphatic carbocycles. The molecule has 0 saturated heterocycles. The quantitative estimate of drug-likeness (QED) is 0.413. The van der Waals surface area contributed by atoms with Gasteiger partial charge in [-0.05, 0) is 18.1 Å². The summed E-state index contributed by atoms with van der Waals surface area (Å²) in [4.78, 5) is 11.3. The number of benzene rings is 1. The van der Waals surface area contributed by atoms with Crippen molar-refractivity contribution >= 4 is 22.0 Å². The molecule has 1 rings (SSSR count). The van der Waals surface area contributed by atoms with Crippen molar-refractivity contribution in [2.75, 3.05) is 13.1 Å². The smallest absolute Gasteiger partial charge is 0.258 e. The van der Waals surface area contributed by atoms with Crippen LogP contribution in [0.4, 0.5) is 0 Å². The predicted octanol–water partition coefficient (Wildman–Crippen LogP) is 1.98. The lowest BCUT2D eigenvalue weighted by atomic mass is 10.2. The third kappa shape index (κ3) is 6.38. The number of carbonyl (C=O) groups excluding carboxylic acids is 1. The van der Waals surface area contributed by atoms with Gasteiger partial charge in [0, 0.05) is 12.0 Å². The minimum absolute atomic E-state index is 0.239. The van der Waals surface area contributed by atoms with Crippen LogP contribution in [-0.4, -0.2) is 36.9 Å². The largest absolute Gasteiger partial charge is 0.289 e. The van der Waals surface area contributed by atoms with Crippen LogP contribution in [0.25, 0.3) is 6.08 Å². The van der Waals surface area contributed by atoms with Crippen molar-refractivity contribution in [1.82, 2.24) is 9.79 Å². The molecule has 1 amide bonds. The van der Waals surface area contributed by atoms with Gasteiger partial charge >= 0.3 is 0 Å². The van der Waals surface area contributed by atoms with Crippen LogP contribution in [0.2, 0.25) is 0 Å². The van der Waals surface area contributed by atoms with E-state index in [9.17, 15) is 13.2 Å². The number of unbranched alkanes of at least 4 members (excludes halogenated alkanes) is 2. The van der Waals surface area contributed by atoms with Crippen LogP contribution in [0.15, 0.2) is 35.7 Å². The van der Waals surface area contributed by atoms with Gasteiger partial charge in [0.1, 0.15) is 0 Å². The molecule has 1 aromatic rings. The van der Waals surface area contributed by atoms with E-state index < -0.39 is 22.5 Å². The Morgan fingerprint density at radius 3 is 2.55 bits per heavy atom. The molecular formula is C15H22N2O4S.